The van der Waals surface area contributed by atoms with Gasteiger partial charge in [0, 0.05) is 6.04 Å². The quantitative estimate of drug-likeness (QED) is 0.693. The van der Waals surface area contributed by atoms with Crippen molar-refractivity contribution in [1.82, 2.24) is 0 Å². The largest absolute Gasteiger partial charge is 0.324 e. The summed E-state index contributed by atoms with van der Waals surface area (Å²) >= 11 is 0. The Morgan fingerprint density at radius 2 is 2.13 bits per heavy atom. The highest BCUT2D eigenvalue weighted by Gasteiger charge is 2.27. The fourth-order valence-electron chi connectivity index (χ4n) is 3.04. The van der Waals surface area contributed by atoms with Crippen LogP contribution in [-0.4, -0.2) is 0 Å². The third-order valence-corrected chi connectivity index (χ3v) is 3.73. The Kier molecular flexibility index (Phi) is 1.83. The topological polar surface area (TPSA) is 49.8 Å². The number of nitrogens with two attached hydrogens (primary N) is 1. The summed E-state index contributed by atoms with van der Waals surface area (Å²) in [5.41, 5.74) is 12.1. The van der Waals surface area contributed by atoms with Gasteiger partial charge in [-0.1, -0.05) is 6.07 Å². The molecule has 0 aromatic heterocycles. The van der Waals surface area contributed by atoms with E-state index in [2.05, 4.69) is 12.1 Å². The molecule has 1 atom stereocenters. The fourth-order valence-corrected chi connectivity index (χ4v) is 3.04. The molecule has 0 saturated carbocycles. The molecule has 1 unspecified atom stereocenters. The minimum atomic E-state index is 0.0977. The molecule has 2 N–H and O–H groups in total. The molecule has 2 nitrogen and oxygen atoms in total. The zero-order chi connectivity index (χ0) is 10.4. The highest BCUT2D eigenvalue weighted by molar-refractivity contribution is 5.56. The molecule has 3 rings (SSSR count). The van der Waals surface area contributed by atoms with E-state index in [9.17, 15) is 5.26 Å². The maximum Gasteiger partial charge on any atom is 0.0998 e. The molecule has 1 aromatic carbocycles. The van der Waals surface area contributed by atoms with Crippen LogP contribution in [0.25, 0.3) is 0 Å². The Balaban J connectivity index is 2.30. The van der Waals surface area contributed by atoms with Gasteiger partial charge in [0.15, 0.2) is 0 Å². The van der Waals surface area contributed by atoms with Crippen molar-refractivity contribution in [2.24, 2.45) is 5.73 Å². The molecular weight excluding hydrogens is 184 g/mol. The summed E-state index contributed by atoms with van der Waals surface area (Å²) in [5, 5.41) is 9.28. The van der Waals surface area contributed by atoms with Crippen molar-refractivity contribution < 1.29 is 0 Å². The molecule has 1 aromatic rings. The summed E-state index contributed by atoms with van der Waals surface area (Å²) in [4.78, 5) is 0. The zero-order valence-corrected chi connectivity index (χ0v) is 8.71. The van der Waals surface area contributed by atoms with E-state index in [1.807, 2.05) is 0 Å². The Labute approximate surface area is 89.7 Å². The first-order valence-corrected chi connectivity index (χ1v) is 5.64. The zero-order valence-electron chi connectivity index (χ0n) is 8.71. The van der Waals surface area contributed by atoms with Gasteiger partial charge in [-0.3, -0.25) is 0 Å². The minimum absolute atomic E-state index is 0.0977. The van der Waals surface area contributed by atoms with Gasteiger partial charge >= 0.3 is 0 Å². The average molecular weight is 198 g/mol. The molecule has 0 saturated heterocycles. The summed E-state index contributed by atoms with van der Waals surface area (Å²) in [6, 6.07) is 4.77. The number of fused-ring (bicyclic) bond motifs is 2. The predicted octanol–water partition coefficient (Wildman–Crippen LogP) is 1.99. The van der Waals surface area contributed by atoms with Crippen molar-refractivity contribution in [1.29, 1.82) is 5.26 Å². The van der Waals surface area contributed by atoms with E-state index >= 15 is 0 Å². The first kappa shape index (κ1) is 8.94. The van der Waals surface area contributed by atoms with Crippen molar-refractivity contribution in [3.8, 4) is 6.07 Å². The minimum Gasteiger partial charge on any atom is -0.324 e. The average Bonchev–Trinajstić information content (AvgIpc) is 2.83. The number of rotatable bonds is 0. The van der Waals surface area contributed by atoms with Crippen LogP contribution in [0.15, 0.2) is 6.07 Å². The first-order valence-electron chi connectivity index (χ1n) is 5.64. The van der Waals surface area contributed by atoms with Crippen molar-refractivity contribution in [2.75, 3.05) is 0 Å². The maximum absolute atomic E-state index is 9.28. The third kappa shape index (κ3) is 1.13. The predicted molar refractivity (Wildman–Crippen MR) is 58.4 cm³/mol. The molecule has 0 radical (unpaired) electrons. The van der Waals surface area contributed by atoms with E-state index in [0.717, 1.165) is 36.8 Å². The Morgan fingerprint density at radius 3 is 2.93 bits per heavy atom. The molecule has 2 aliphatic carbocycles. The fraction of sp³-hybridized carbons (Fsp3) is 0.462. The lowest BCUT2D eigenvalue weighted by molar-refractivity contribution is 0.711. The number of hydrogen-bond donors (Lipinski definition) is 1. The molecule has 0 heterocycles. The number of benzene rings is 1. The second-order valence-electron chi connectivity index (χ2n) is 4.57. The van der Waals surface area contributed by atoms with Crippen molar-refractivity contribution >= 4 is 0 Å². The summed E-state index contributed by atoms with van der Waals surface area (Å²) in [6.07, 6.45) is 5.47. The summed E-state index contributed by atoms with van der Waals surface area (Å²) < 4.78 is 0. The van der Waals surface area contributed by atoms with Gasteiger partial charge in [-0.15, -0.1) is 0 Å². The third-order valence-electron chi connectivity index (χ3n) is 3.73. The molecule has 0 aliphatic heterocycles. The summed E-state index contributed by atoms with van der Waals surface area (Å²) in [5.74, 6) is 0. The molecule has 0 amide bonds. The lowest BCUT2D eigenvalue weighted by atomic mass is 9.94. The number of hydrogen-bond acceptors (Lipinski definition) is 2. The van der Waals surface area contributed by atoms with Gasteiger partial charge in [0.1, 0.15) is 0 Å². The number of nitrogens with zero attached hydrogens (tertiary/aromatic N) is 1. The van der Waals surface area contributed by atoms with Crippen molar-refractivity contribution in [3.63, 3.8) is 0 Å². The Hall–Kier alpha value is -1.33. The molecule has 0 bridgehead atoms. The Morgan fingerprint density at radius 1 is 1.27 bits per heavy atom. The second kappa shape index (κ2) is 3.08. The molecule has 0 fully saturated rings. The summed E-state index contributed by atoms with van der Waals surface area (Å²) in [7, 11) is 0. The van der Waals surface area contributed by atoms with Crippen LogP contribution >= 0.6 is 0 Å². The molecule has 15 heavy (non-hydrogen) atoms. The van der Waals surface area contributed by atoms with Crippen LogP contribution in [0.4, 0.5) is 0 Å². The standard InChI is InChI=1S/C13H14N2/c14-7-11-10-3-1-2-8(10)6-9-4-5-12(15)13(9)11/h6,12H,1-5,15H2. The number of aryl methyl sites for hydroxylation is 2. The highest BCUT2D eigenvalue weighted by Crippen LogP contribution is 2.38. The van der Waals surface area contributed by atoms with Crippen molar-refractivity contribution in [2.45, 2.75) is 38.1 Å². The van der Waals surface area contributed by atoms with E-state index in [-0.39, 0.29) is 6.04 Å². The molecule has 0 spiro atoms. The van der Waals surface area contributed by atoms with E-state index in [4.69, 9.17) is 5.73 Å². The van der Waals surface area contributed by atoms with E-state index in [0.29, 0.717) is 0 Å². The van der Waals surface area contributed by atoms with Crippen LogP contribution in [0, 0.1) is 11.3 Å². The van der Waals surface area contributed by atoms with Gasteiger partial charge in [0.2, 0.25) is 0 Å². The normalized spacial score (nSPS) is 22.3. The van der Waals surface area contributed by atoms with Gasteiger partial charge in [0.05, 0.1) is 11.6 Å². The van der Waals surface area contributed by atoms with Crippen LogP contribution in [0.3, 0.4) is 0 Å². The molecule has 2 heteroatoms. The van der Waals surface area contributed by atoms with E-state index in [1.165, 1.54) is 23.1 Å². The maximum atomic E-state index is 9.28. The monoisotopic (exact) mass is 198 g/mol. The van der Waals surface area contributed by atoms with Gasteiger partial charge < -0.3 is 5.73 Å². The molecule has 76 valence electrons. The van der Waals surface area contributed by atoms with Gasteiger partial charge in [-0.05, 0) is 54.4 Å². The second-order valence-corrected chi connectivity index (χ2v) is 4.57. The van der Waals surface area contributed by atoms with Crippen LogP contribution in [0.5, 0.6) is 0 Å². The SMILES string of the molecule is N#Cc1c2c(cc3c1C(N)CC3)CCC2. The van der Waals surface area contributed by atoms with Crippen molar-refractivity contribution in [3.05, 3.63) is 33.9 Å². The highest BCUT2D eigenvalue weighted by atomic mass is 14.7. The van der Waals surface area contributed by atoms with Crippen LogP contribution < -0.4 is 5.73 Å². The smallest absolute Gasteiger partial charge is 0.0998 e. The number of nitriles is 1. The van der Waals surface area contributed by atoms with Crippen LogP contribution in [-0.2, 0) is 19.3 Å². The van der Waals surface area contributed by atoms with Gasteiger partial charge in [-0.25, -0.2) is 0 Å². The Bertz CT molecular complexity index is 468. The van der Waals surface area contributed by atoms with E-state index in [1.54, 1.807) is 0 Å². The van der Waals surface area contributed by atoms with Gasteiger partial charge in [-0.2, -0.15) is 5.26 Å². The lowest BCUT2D eigenvalue weighted by Gasteiger charge is -2.11. The van der Waals surface area contributed by atoms with E-state index < -0.39 is 0 Å². The van der Waals surface area contributed by atoms with Crippen LogP contribution in [0.2, 0.25) is 0 Å². The lowest BCUT2D eigenvalue weighted by Crippen LogP contribution is -2.09. The summed E-state index contributed by atoms with van der Waals surface area (Å²) in [6.45, 7) is 0. The first-order chi connectivity index (χ1) is 7.31. The molecular formula is C13H14N2. The van der Waals surface area contributed by atoms with Crippen LogP contribution in [0.1, 0.15) is 46.7 Å². The van der Waals surface area contributed by atoms with Gasteiger partial charge in [0.25, 0.3) is 0 Å². The molecule has 2 aliphatic rings.